The molecule has 21 heavy (non-hydrogen) atoms. The zero-order valence-electron chi connectivity index (χ0n) is 11.8. The Balaban J connectivity index is 1.93. The molecule has 2 N–H and O–H groups in total. The molecule has 0 aliphatic carbocycles. The van der Waals surface area contributed by atoms with Crippen molar-refractivity contribution >= 4 is 23.2 Å². The highest BCUT2D eigenvalue weighted by atomic mass is 35.5. The Labute approximate surface area is 128 Å². The van der Waals surface area contributed by atoms with E-state index in [2.05, 4.69) is 5.32 Å². The van der Waals surface area contributed by atoms with Crippen LogP contribution in [-0.2, 0) is 9.53 Å². The van der Waals surface area contributed by atoms with Gasteiger partial charge in [0.15, 0.2) is 0 Å². The highest BCUT2D eigenvalue weighted by Gasteiger charge is 2.24. The van der Waals surface area contributed by atoms with Gasteiger partial charge in [-0.05, 0) is 18.2 Å². The van der Waals surface area contributed by atoms with Crippen LogP contribution in [0.25, 0.3) is 0 Å². The normalized spacial score (nSPS) is 19.3. The summed E-state index contributed by atoms with van der Waals surface area (Å²) in [5.74, 6) is 0.403. The van der Waals surface area contributed by atoms with Gasteiger partial charge in [0.25, 0.3) is 0 Å². The molecule has 1 fully saturated rings. The van der Waals surface area contributed by atoms with Crippen LogP contribution in [0.15, 0.2) is 18.2 Å². The molecule has 0 saturated carbocycles. The van der Waals surface area contributed by atoms with Gasteiger partial charge in [0.2, 0.25) is 5.91 Å². The third-order valence-corrected chi connectivity index (χ3v) is 3.64. The van der Waals surface area contributed by atoms with Crippen molar-refractivity contribution in [3.8, 4) is 5.75 Å². The van der Waals surface area contributed by atoms with Crippen LogP contribution >= 0.6 is 11.6 Å². The summed E-state index contributed by atoms with van der Waals surface area (Å²) in [5, 5.41) is 12.5. The number of carbonyl (C=O) groups excluding carboxylic acids is 1. The van der Waals surface area contributed by atoms with Crippen LogP contribution in [0.1, 0.15) is 0 Å². The number of carbonyl (C=O) groups is 1. The summed E-state index contributed by atoms with van der Waals surface area (Å²) in [4.78, 5) is 14.0. The number of halogens is 1. The summed E-state index contributed by atoms with van der Waals surface area (Å²) in [6.07, 6.45) is 0. The molecule has 0 spiro atoms. The van der Waals surface area contributed by atoms with E-state index in [1.807, 2.05) is 4.90 Å². The van der Waals surface area contributed by atoms with Crippen LogP contribution in [-0.4, -0.2) is 62.0 Å². The van der Waals surface area contributed by atoms with Gasteiger partial charge < -0.3 is 19.9 Å². The highest BCUT2D eigenvalue weighted by molar-refractivity contribution is 6.32. The van der Waals surface area contributed by atoms with Crippen molar-refractivity contribution in [1.29, 1.82) is 0 Å². The first-order chi connectivity index (χ1) is 10.1. The van der Waals surface area contributed by atoms with Gasteiger partial charge in [-0.3, -0.25) is 9.69 Å². The Morgan fingerprint density at radius 3 is 3.10 bits per heavy atom. The molecule has 1 saturated heterocycles. The number of benzene rings is 1. The van der Waals surface area contributed by atoms with Gasteiger partial charge in [-0.1, -0.05) is 11.6 Å². The SMILES string of the molecule is COc1ccc(NC(=O)CN2CCOCC2CO)cc1Cl. The van der Waals surface area contributed by atoms with Crippen molar-refractivity contribution < 1.29 is 19.4 Å². The van der Waals surface area contributed by atoms with E-state index in [0.717, 1.165) is 0 Å². The summed E-state index contributed by atoms with van der Waals surface area (Å²) in [6.45, 7) is 1.82. The first kappa shape index (κ1) is 16.0. The maximum absolute atomic E-state index is 12.1. The number of amides is 1. The van der Waals surface area contributed by atoms with Gasteiger partial charge in [-0.25, -0.2) is 0 Å². The van der Waals surface area contributed by atoms with Gasteiger partial charge in [0.05, 0.1) is 44.5 Å². The zero-order valence-corrected chi connectivity index (χ0v) is 12.6. The summed E-state index contributed by atoms with van der Waals surface area (Å²) < 4.78 is 10.3. The molecule has 2 rings (SSSR count). The number of morpholine rings is 1. The third-order valence-electron chi connectivity index (χ3n) is 3.34. The number of aliphatic hydroxyl groups excluding tert-OH is 1. The van der Waals surface area contributed by atoms with Crippen molar-refractivity contribution in [1.82, 2.24) is 4.90 Å². The minimum atomic E-state index is -0.156. The number of nitrogens with one attached hydrogen (secondary N) is 1. The molecule has 7 heteroatoms. The lowest BCUT2D eigenvalue weighted by atomic mass is 10.2. The molecule has 1 aliphatic heterocycles. The summed E-state index contributed by atoms with van der Waals surface area (Å²) >= 11 is 6.01. The largest absolute Gasteiger partial charge is 0.495 e. The van der Waals surface area contributed by atoms with E-state index >= 15 is 0 Å². The summed E-state index contributed by atoms with van der Waals surface area (Å²) in [7, 11) is 1.53. The predicted molar refractivity (Wildman–Crippen MR) is 79.9 cm³/mol. The van der Waals surface area contributed by atoms with E-state index in [0.29, 0.717) is 36.2 Å². The van der Waals surface area contributed by atoms with Crippen LogP contribution in [0.4, 0.5) is 5.69 Å². The van der Waals surface area contributed by atoms with Gasteiger partial charge in [0.1, 0.15) is 5.75 Å². The van der Waals surface area contributed by atoms with Crippen LogP contribution in [0.3, 0.4) is 0 Å². The summed E-state index contributed by atoms with van der Waals surface area (Å²) in [5.41, 5.74) is 0.611. The number of nitrogens with zero attached hydrogens (tertiary/aromatic N) is 1. The molecule has 1 amide bonds. The Morgan fingerprint density at radius 1 is 1.62 bits per heavy atom. The van der Waals surface area contributed by atoms with Crippen LogP contribution in [0.2, 0.25) is 5.02 Å². The lowest BCUT2D eigenvalue weighted by molar-refractivity contribution is -0.120. The second kappa shape index (κ2) is 7.61. The van der Waals surface area contributed by atoms with Gasteiger partial charge >= 0.3 is 0 Å². The maximum Gasteiger partial charge on any atom is 0.238 e. The molecule has 1 unspecified atom stereocenters. The lowest BCUT2D eigenvalue weighted by Gasteiger charge is -2.33. The quantitative estimate of drug-likeness (QED) is 0.848. The molecule has 0 radical (unpaired) electrons. The average molecular weight is 315 g/mol. The molecule has 1 heterocycles. The number of rotatable bonds is 5. The third kappa shape index (κ3) is 4.31. The number of anilines is 1. The molecule has 6 nitrogen and oxygen atoms in total. The molecular weight excluding hydrogens is 296 g/mol. The van der Waals surface area contributed by atoms with E-state index < -0.39 is 0 Å². The standard InChI is InChI=1S/C14H19ClN2O4/c1-20-13-3-2-10(6-12(13)15)16-14(19)7-17-4-5-21-9-11(17)8-18/h2-3,6,11,18H,4-5,7-9H2,1H3,(H,16,19). The van der Waals surface area contributed by atoms with Crippen molar-refractivity contribution in [2.45, 2.75) is 6.04 Å². The molecule has 1 aromatic carbocycles. The Kier molecular flexibility index (Phi) is 5.81. The fourth-order valence-electron chi connectivity index (χ4n) is 2.19. The molecular formula is C14H19ClN2O4. The predicted octanol–water partition coefficient (Wildman–Crippen LogP) is 0.980. The Hall–Kier alpha value is -1.34. The number of aliphatic hydroxyl groups is 1. The van der Waals surface area contributed by atoms with Crippen LogP contribution in [0.5, 0.6) is 5.75 Å². The van der Waals surface area contributed by atoms with Crippen molar-refractivity contribution in [2.24, 2.45) is 0 Å². The zero-order chi connectivity index (χ0) is 15.2. The van der Waals surface area contributed by atoms with Gasteiger partial charge in [0, 0.05) is 12.2 Å². The van der Waals surface area contributed by atoms with Crippen molar-refractivity contribution in [3.05, 3.63) is 23.2 Å². The Morgan fingerprint density at radius 2 is 2.43 bits per heavy atom. The minimum absolute atomic E-state index is 0.0261. The fraction of sp³-hybridized carbons (Fsp3) is 0.500. The first-order valence-corrected chi connectivity index (χ1v) is 7.08. The maximum atomic E-state index is 12.1. The van der Waals surface area contributed by atoms with Crippen molar-refractivity contribution in [2.75, 3.05) is 45.3 Å². The van der Waals surface area contributed by atoms with Crippen LogP contribution in [0, 0.1) is 0 Å². The van der Waals surface area contributed by atoms with E-state index in [1.54, 1.807) is 18.2 Å². The molecule has 1 aliphatic rings. The summed E-state index contributed by atoms with van der Waals surface area (Å²) in [6, 6.07) is 4.93. The topological polar surface area (TPSA) is 71.0 Å². The molecule has 1 aromatic rings. The van der Waals surface area contributed by atoms with Gasteiger partial charge in [-0.15, -0.1) is 0 Å². The number of hydrogen-bond acceptors (Lipinski definition) is 5. The highest BCUT2D eigenvalue weighted by Crippen LogP contribution is 2.27. The Bertz CT molecular complexity index is 498. The lowest BCUT2D eigenvalue weighted by Crippen LogP contribution is -2.50. The minimum Gasteiger partial charge on any atom is -0.495 e. The second-order valence-electron chi connectivity index (χ2n) is 4.78. The number of hydrogen-bond donors (Lipinski definition) is 2. The number of ether oxygens (including phenoxy) is 2. The van der Waals surface area contributed by atoms with E-state index in [-0.39, 0.29) is 25.1 Å². The van der Waals surface area contributed by atoms with Gasteiger partial charge in [-0.2, -0.15) is 0 Å². The van der Waals surface area contributed by atoms with Crippen molar-refractivity contribution in [3.63, 3.8) is 0 Å². The first-order valence-electron chi connectivity index (χ1n) is 6.70. The van der Waals surface area contributed by atoms with E-state index in [4.69, 9.17) is 21.1 Å². The monoisotopic (exact) mass is 314 g/mol. The fourth-order valence-corrected chi connectivity index (χ4v) is 2.45. The second-order valence-corrected chi connectivity index (χ2v) is 5.19. The van der Waals surface area contributed by atoms with E-state index in [9.17, 15) is 9.90 Å². The molecule has 1 atom stereocenters. The van der Waals surface area contributed by atoms with Crippen LogP contribution < -0.4 is 10.1 Å². The van der Waals surface area contributed by atoms with E-state index in [1.165, 1.54) is 7.11 Å². The molecule has 116 valence electrons. The average Bonchev–Trinajstić information content (AvgIpc) is 2.48. The molecule has 0 aromatic heterocycles. The molecule has 0 bridgehead atoms. The number of methoxy groups -OCH3 is 1. The smallest absolute Gasteiger partial charge is 0.238 e.